The Labute approximate surface area is 198 Å². The van der Waals surface area contributed by atoms with Crippen LogP contribution in [0.25, 0.3) is 0 Å². The molecule has 0 saturated carbocycles. The van der Waals surface area contributed by atoms with Crippen molar-refractivity contribution in [3.63, 3.8) is 0 Å². The first kappa shape index (κ1) is 24.6. The summed E-state index contributed by atoms with van der Waals surface area (Å²) in [6, 6.07) is 18.8. The molecule has 1 amide bonds. The van der Waals surface area contributed by atoms with Crippen molar-refractivity contribution in [2.24, 2.45) is 0 Å². The van der Waals surface area contributed by atoms with Crippen molar-refractivity contribution in [3.05, 3.63) is 84.2 Å². The first-order valence-electron chi connectivity index (χ1n) is 10.0. The number of thioether (sulfide) groups is 1. The molecule has 0 aliphatic carbocycles. The fraction of sp³-hybridized carbons (Fsp3) is 0.208. The fourth-order valence-electron chi connectivity index (χ4n) is 3.24. The number of sulfonamides is 1. The lowest BCUT2D eigenvalue weighted by atomic mass is 10.2. The second-order valence-electron chi connectivity index (χ2n) is 7.23. The molecule has 0 heterocycles. The maximum atomic E-state index is 14.0. The van der Waals surface area contributed by atoms with E-state index in [1.54, 1.807) is 32.4 Å². The summed E-state index contributed by atoms with van der Waals surface area (Å²) >= 11 is 1.48. The predicted octanol–water partition coefficient (Wildman–Crippen LogP) is 4.41. The van der Waals surface area contributed by atoms with Crippen molar-refractivity contribution in [1.82, 2.24) is 4.90 Å². The van der Waals surface area contributed by atoms with E-state index in [0.29, 0.717) is 5.75 Å². The van der Waals surface area contributed by atoms with Gasteiger partial charge in [0.15, 0.2) is 0 Å². The number of para-hydroxylation sites is 1. The molecule has 0 fully saturated rings. The monoisotopic (exact) mass is 488 g/mol. The number of hydrogen-bond acceptors (Lipinski definition) is 5. The first-order chi connectivity index (χ1) is 15.8. The lowest BCUT2D eigenvalue weighted by molar-refractivity contribution is -0.128. The second kappa shape index (κ2) is 10.7. The van der Waals surface area contributed by atoms with Crippen LogP contribution in [-0.4, -0.2) is 46.2 Å². The van der Waals surface area contributed by atoms with E-state index in [4.69, 9.17) is 4.74 Å². The Hall–Kier alpha value is -3.04. The Morgan fingerprint density at radius 2 is 1.73 bits per heavy atom. The SMILES string of the molecule is COc1ccccc1CN(C)C(=O)CN(c1cccc(F)c1)S(=O)(=O)c1ccc(SC)cc1. The largest absolute Gasteiger partial charge is 0.496 e. The molecule has 0 radical (unpaired) electrons. The number of rotatable bonds is 9. The average Bonchev–Trinajstić information content (AvgIpc) is 2.82. The first-order valence-corrected chi connectivity index (χ1v) is 12.7. The molecule has 0 atom stereocenters. The molecular formula is C24H25FN2O4S2. The summed E-state index contributed by atoms with van der Waals surface area (Å²) in [4.78, 5) is 15.4. The highest BCUT2D eigenvalue weighted by atomic mass is 32.2. The van der Waals surface area contributed by atoms with Gasteiger partial charge in [0, 0.05) is 24.1 Å². The minimum absolute atomic E-state index is 0.0183. The lowest BCUT2D eigenvalue weighted by Crippen LogP contribution is -2.41. The van der Waals surface area contributed by atoms with Gasteiger partial charge in [-0.25, -0.2) is 12.8 Å². The lowest BCUT2D eigenvalue weighted by Gasteiger charge is -2.27. The zero-order valence-corrected chi connectivity index (χ0v) is 20.2. The Balaban J connectivity index is 1.92. The van der Waals surface area contributed by atoms with Crippen LogP contribution in [0.3, 0.4) is 0 Å². The van der Waals surface area contributed by atoms with Gasteiger partial charge in [-0.1, -0.05) is 24.3 Å². The number of carbonyl (C=O) groups excluding carboxylic acids is 1. The van der Waals surface area contributed by atoms with Gasteiger partial charge in [0.25, 0.3) is 10.0 Å². The van der Waals surface area contributed by atoms with E-state index in [9.17, 15) is 17.6 Å². The van der Waals surface area contributed by atoms with Gasteiger partial charge < -0.3 is 9.64 Å². The third-order valence-electron chi connectivity index (χ3n) is 5.05. The van der Waals surface area contributed by atoms with E-state index < -0.39 is 28.3 Å². The van der Waals surface area contributed by atoms with E-state index in [0.717, 1.165) is 20.8 Å². The highest BCUT2D eigenvalue weighted by molar-refractivity contribution is 7.98. The van der Waals surface area contributed by atoms with Crippen molar-refractivity contribution >= 4 is 33.4 Å². The fourth-order valence-corrected chi connectivity index (χ4v) is 5.06. The van der Waals surface area contributed by atoms with Gasteiger partial charge >= 0.3 is 0 Å². The van der Waals surface area contributed by atoms with E-state index >= 15 is 0 Å². The Morgan fingerprint density at radius 1 is 1.03 bits per heavy atom. The molecule has 0 unspecified atom stereocenters. The topological polar surface area (TPSA) is 66.9 Å². The number of ether oxygens (including phenoxy) is 1. The van der Waals surface area contributed by atoms with Crippen LogP contribution in [0.1, 0.15) is 5.56 Å². The van der Waals surface area contributed by atoms with Gasteiger partial charge in [-0.3, -0.25) is 9.10 Å². The van der Waals surface area contributed by atoms with Gasteiger partial charge in [-0.05, 0) is 54.8 Å². The summed E-state index contributed by atoms with van der Waals surface area (Å²) < 4.78 is 47.2. The number of likely N-dealkylation sites (N-methyl/N-ethyl adjacent to an activating group) is 1. The maximum Gasteiger partial charge on any atom is 0.264 e. The summed E-state index contributed by atoms with van der Waals surface area (Å²) in [5, 5.41) is 0. The zero-order chi connectivity index (χ0) is 24.0. The standard InChI is InChI=1S/C24H25FN2O4S2/c1-26(16-18-7-4-5-10-23(18)31-2)24(28)17-27(20-9-6-8-19(25)15-20)33(29,30)22-13-11-21(32-3)12-14-22/h4-15H,16-17H2,1-3H3. The van der Waals surface area contributed by atoms with Crippen LogP contribution in [0.5, 0.6) is 5.75 Å². The van der Waals surface area contributed by atoms with E-state index in [-0.39, 0.29) is 17.1 Å². The zero-order valence-electron chi connectivity index (χ0n) is 18.6. The second-order valence-corrected chi connectivity index (χ2v) is 9.97. The number of hydrogen-bond donors (Lipinski definition) is 0. The van der Waals surface area contributed by atoms with Crippen LogP contribution in [-0.2, 0) is 21.4 Å². The number of amides is 1. The minimum atomic E-state index is -4.12. The van der Waals surface area contributed by atoms with Crippen LogP contribution in [0.2, 0.25) is 0 Å². The predicted molar refractivity (Wildman–Crippen MR) is 129 cm³/mol. The Bertz CT molecular complexity index is 1220. The summed E-state index contributed by atoms with van der Waals surface area (Å²) in [7, 11) is -1.00. The van der Waals surface area contributed by atoms with Crippen LogP contribution in [0, 0.1) is 5.82 Å². The van der Waals surface area contributed by atoms with Gasteiger partial charge in [-0.2, -0.15) is 0 Å². The molecule has 0 N–H and O–H groups in total. The minimum Gasteiger partial charge on any atom is -0.496 e. The van der Waals surface area contributed by atoms with E-state index in [2.05, 4.69) is 0 Å². The maximum absolute atomic E-state index is 14.0. The van der Waals surface area contributed by atoms with Gasteiger partial charge in [-0.15, -0.1) is 11.8 Å². The van der Waals surface area contributed by atoms with Gasteiger partial charge in [0.05, 0.1) is 17.7 Å². The number of benzene rings is 3. The molecule has 174 valence electrons. The van der Waals surface area contributed by atoms with Crippen LogP contribution in [0.4, 0.5) is 10.1 Å². The third-order valence-corrected chi connectivity index (χ3v) is 7.58. The third kappa shape index (κ3) is 5.85. The average molecular weight is 489 g/mol. The molecule has 6 nitrogen and oxygen atoms in total. The molecule has 33 heavy (non-hydrogen) atoms. The number of carbonyl (C=O) groups is 1. The Kier molecular flexibility index (Phi) is 7.99. The van der Waals surface area contributed by atoms with Crippen LogP contribution in [0.15, 0.2) is 82.6 Å². The summed E-state index contributed by atoms with van der Waals surface area (Å²) in [5.41, 5.74) is 0.853. The molecule has 0 aliphatic heterocycles. The smallest absolute Gasteiger partial charge is 0.264 e. The van der Waals surface area contributed by atoms with E-state index in [1.807, 2.05) is 24.5 Å². The summed E-state index contributed by atoms with van der Waals surface area (Å²) in [6.07, 6.45) is 1.89. The van der Waals surface area contributed by atoms with Gasteiger partial charge in [0.1, 0.15) is 18.1 Å². The molecule has 0 aliphatic rings. The van der Waals surface area contributed by atoms with Crippen LogP contribution >= 0.6 is 11.8 Å². The highest BCUT2D eigenvalue weighted by Crippen LogP contribution is 2.26. The normalized spacial score (nSPS) is 11.2. The number of anilines is 1. The number of methoxy groups -OCH3 is 1. The molecule has 3 aromatic rings. The molecule has 3 rings (SSSR count). The Morgan fingerprint density at radius 3 is 2.36 bits per heavy atom. The molecule has 3 aromatic carbocycles. The molecule has 0 saturated heterocycles. The molecular weight excluding hydrogens is 463 g/mol. The van der Waals surface area contributed by atoms with Crippen LogP contribution < -0.4 is 9.04 Å². The quantitative estimate of drug-likeness (QED) is 0.418. The summed E-state index contributed by atoms with van der Waals surface area (Å²) in [6.45, 7) is -0.260. The van der Waals surface area contributed by atoms with Gasteiger partial charge in [0.2, 0.25) is 5.91 Å². The number of nitrogens with zero attached hydrogens (tertiary/aromatic N) is 2. The van der Waals surface area contributed by atoms with Crippen molar-refractivity contribution in [1.29, 1.82) is 0 Å². The van der Waals surface area contributed by atoms with Crippen molar-refractivity contribution < 1.29 is 22.3 Å². The van der Waals surface area contributed by atoms with Crippen molar-refractivity contribution in [2.45, 2.75) is 16.3 Å². The van der Waals surface area contributed by atoms with Crippen molar-refractivity contribution in [2.75, 3.05) is 31.3 Å². The molecule has 0 spiro atoms. The summed E-state index contributed by atoms with van der Waals surface area (Å²) in [5.74, 6) is -0.421. The number of halogens is 1. The van der Waals surface area contributed by atoms with E-state index in [1.165, 1.54) is 47.0 Å². The highest BCUT2D eigenvalue weighted by Gasteiger charge is 2.29. The molecule has 0 bridgehead atoms. The molecule has 0 aromatic heterocycles. The molecule has 9 heteroatoms. The van der Waals surface area contributed by atoms with Crippen molar-refractivity contribution in [3.8, 4) is 5.75 Å².